The highest BCUT2D eigenvalue weighted by molar-refractivity contribution is 9.10. The van der Waals surface area contributed by atoms with Gasteiger partial charge in [0.1, 0.15) is 19.0 Å². The van der Waals surface area contributed by atoms with E-state index in [9.17, 15) is 14.0 Å². The van der Waals surface area contributed by atoms with Crippen LogP contribution in [0.15, 0.2) is 46.9 Å². The van der Waals surface area contributed by atoms with Crippen molar-refractivity contribution in [3.8, 4) is 0 Å². The van der Waals surface area contributed by atoms with Gasteiger partial charge in [0.15, 0.2) is 0 Å². The van der Waals surface area contributed by atoms with Crippen molar-refractivity contribution in [3.05, 3.63) is 63.9 Å². The Morgan fingerprint density at radius 2 is 1.75 bits per heavy atom. The van der Waals surface area contributed by atoms with E-state index in [4.69, 9.17) is 9.47 Å². The number of halogens is 2. The number of anilines is 1. The molecule has 0 unspecified atom stereocenters. The van der Waals surface area contributed by atoms with Gasteiger partial charge in [-0.1, -0.05) is 36.4 Å². The zero-order valence-electron chi connectivity index (χ0n) is 15.1. The molecule has 1 aliphatic heterocycles. The molecule has 148 valence electrons. The molecule has 0 spiro atoms. The van der Waals surface area contributed by atoms with E-state index in [1.807, 2.05) is 30.3 Å². The molecule has 1 saturated heterocycles. The van der Waals surface area contributed by atoms with Crippen molar-refractivity contribution >= 4 is 33.8 Å². The number of hydrogen-bond acceptors (Lipinski definition) is 4. The lowest BCUT2D eigenvalue weighted by molar-refractivity contribution is 0.103. The summed E-state index contributed by atoms with van der Waals surface area (Å²) in [5, 5.41) is 2.49. The van der Waals surface area contributed by atoms with Gasteiger partial charge in [0.2, 0.25) is 0 Å². The van der Waals surface area contributed by atoms with Crippen molar-refractivity contribution in [2.75, 3.05) is 18.4 Å². The Balaban J connectivity index is 1.55. The topological polar surface area (TPSA) is 67.9 Å². The molecule has 0 atom stereocenters. The van der Waals surface area contributed by atoms with Crippen LogP contribution in [-0.2, 0) is 22.7 Å². The Labute approximate surface area is 170 Å². The van der Waals surface area contributed by atoms with E-state index in [2.05, 4.69) is 21.2 Å². The van der Waals surface area contributed by atoms with Crippen LogP contribution in [0.1, 0.15) is 24.0 Å². The summed E-state index contributed by atoms with van der Waals surface area (Å²) in [6, 6.07) is 12.2. The first-order valence-electron chi connectivity index (χ1n) is 8.91. The standard InChI is InChI=1S/C20H20BrFN2O4/c21-17-16(23-19(25)27-12-14-6-2-1-3-7-14)9-8-15(18(17)22)13-28-20(26)24-10-4-5-11-24/h1-3,6-9H,4-5,10-13H2,(H,23,25). The van der Waals surface area contributed by atoms with Crippen LogP contribution in [0, 0.1) is 5.82 Å². The van der Waals surface area contributed by atoms with Crippen LogP contribution in [0.5, 0.6) is 0 Å². The normalized spacial score (nSPS) is 13.3. The predicted molar refractivity (Wildman–Crippen MR) is 105 cm³/mol. The van der Waals surface area contributed by atoms with Gasteiger partial charge >= 0.3 is 12.2 Å². The van der Waals surface area contributed by atoms with Gasteiger partial charge in [-0.15, -0.1) is 0 Å². The molecule has 28 heavy (non-hydrogen) atoms. The first-order valence-corrected chi connectivity index (χ1v) is 9.70. The fourth-order valence-corrected chi connectivity index (χ4v) is 3.28. The smallest absolute Gasteiger partial charge is 0.411 e. The maximum absolute atomic E-state index is 14.5. The summed E-state index contributed by atoms with van der Waals surface area (Å²) in [7, 11) is 0. The minimum atomic E-state index is -0.697. The molecule has 0 aromatic heterocycles. The van der Waals surface area contributed by atoms with Crippen LogP contribution in [0.3, 0.4) is 0 Å². The Hall–Kier alpha value is -2.61. The fraction of sp³-hybridized carbons (Fsp3) is 0.300. The highest BCUT2D eigenvalue weighted by Crippen LogP contribution is 2.29. The van der Waals surface area contributed by atoms with Gasteiger partial charge in [0.05, 0.1) is 10.2 Å². The Bertz CT molecular complexity index is 842. The van der Waals surface area contributed by atoms with Gasteiger partial charge in [0, 0.05) is 18.7 Å². The molecule has 0 bridgehead atoms. The second kappa shape index (κ2) is 9.54. The SMILES string of the molecule is O=C(Nc1ccc(COC(=O)N2CCCC2)c(F)c1Br)OCc1ccccc1. The molecule has 6 nitrogen and oxygen atoms in total. The average molecular weight is 451 g/mol. The average Bonchev–Trinajstić information content (AvgIpc) is 3.25. The zero-order valence-corrected chi connectivity index (χ0v) is 16.7. The first kappa shape index (κ1) is 20.1. The Morgan fingerprint density at radius 3 is 2.46 bits per heavy atom. The number of benzene rings is 2. The highest BCUT2D eigenvalue weighted by atomic mass is 79.9. The molecule has 1 heterocycles. The number of hydrogen-bond donors (Lipinski definition) is 1. The van der Waals surface area contributed by atoms with E-state index in [0.717, 1.165) is 18.4 Å². The lowest BCUT2D eigenvalue weighted by Gasteiger charge is -2.16. The van der Waals surface area contributed by atoms with Crippen molar-refractivity contribution in [2.45, 2.75) is 26.1 Å². The number of ether oxygens (including phenoxy) is 2. The van der Waals surface area contributed by atoms with Crippen LogP contribution in [0.4, 0.5) is 19.7 Å². The largest absolute Gasteiger partial charge is 0.444 e. The minimum Gasteiger partial charge on any atom is -0.444 e. The molecular weight excluding hydrogens is 431 g/mol. The van der Waals surface area contributed by atoms with E-state index < -0.39 is 18.0 Å². The van der Waals surface area contributed by atoms with E-state index >= 15 is 0 Å². The minimum absolute atomic E-state index is 0.0684. The van der Waals surface area contributed by atoms with E-state index in [-0.39, 0.29) is 28.9 Å². The predicted octanol–water partition coefficient (Wildman–Crippen LogP) is 5.07. The second-order valence-corrected chi connectivity index (χ2v) is 7.13. The quantitative estimate of drug-likeness (QED) is 0.690. The lowest BCUT2D eigenvalue weighted by atomic mass is 10.2. The summed E-state index contributed by atoms with van der Waals surface area (Å²) in [6.07, 6.45) is 0.766. The molecule has 0 radical (unpaired) electrons. The summed E-state index contributed by atoms with van der Waals surface area (Å²) in [4.78, 5) is 25.5. The van der Waals surface area contributed by atoms with E-state index in [1.165, 1.54) is 12.1 Å². The number of rotatable bonds is 5. The molecule has 0 aliphatic carbocycles. The van der Waals surface area contributed by atoms with Crippen LogP contribution in [0.2, 0.25) is 0 Å². The number of amides is 2. The van der Waals surface area contributed by atoms with E-state index in [1.54, 1.807) is 4.90 Å². The Kier molecular flexibility index (Phi) is 6.86. The van der Waals surface area contributed by atoms with Gasteiger partial charge in [0.25, 0.3) is 0 Å². The van der Waals surface area contributed by atoms with E-state index in [0.29, 0.717) is 13.1 Å². The van der Waals surface area contributed by atoms with Gasteiger partial charge < -0.3 is 14.4 Å². The van der Waals surface area contributed by atoms with Crippen LogP contribution in [0.25, 0.3) is 0 Å². The van der Waals surface area contributed by atoms with Crippen molar-refractivity contribution < 1.29 is 23.5 Å². The van der Waals surface area contributed by atoms with Crippen LogP contribution < -0.4 is 5.32 Å². The lowest BCUT2D eigenvalue weighted by Crippen LogP contribution is -2.28. The summed E-state index contributed by atoms with van der Waals surface area (Å²) in [5.41, 5.74) is 1.28. The van der Waals surface area contributed by atoms with Crippen molar-refractivity contribution in [3.63, 3.8) is 0 Å². The molecule has 1 fully saturated rings. The van der Waals surface area contributed by atoms with Gasteiger partial charge in [-0.25, -0.2) is 14.0 Å². The molecule has 2 aromatic rings. The highest BCUT2D eigenvalue weighted by Gasteiger charge is 2.20. The number of nitrogens with one attached hydrogen (secondary N) is 1. The number of nitrogens with zero attached hydrogens (tertiary/aromatic N) is 1. The molecule has 3 rings (SSSR count). The van der Waals surface area contributed by atoms with Crippen LogP contribution in [-0.4, -0.2) is 30.2 Å². The molecule has 8 heteroatoms. The van der Waals surface area contributed by atoms with Crippen molar-refractivity contribution in [2.24, 2.45) is 0 Å². The first-order chi connectivity index (χ1) is 13.5. The molecule has 1 aliphatic rings. The third kappa shape index (κ3) is 5.22. The van der Waals surface area contributed by atoms with Crippen molar-refractivity contribution in [1.29, 1.82) is 0 Å². The molecule has 2 aromatic carbocycles. The summed E-state index contributed by atoms with van der Waals surface area (Å²) < 4.78 is 24.9. The maximum atomic E-state index is 14.5. The van der Waals surface area contributed by atoms with Crippen LogP contribution >= 0.6 is 15.9 Å². The fourth-order valence-electron chi connectivity index (χ4n) is 2.80. The maximum Gasteiger partial charge on any atom is 0.411 e. The molecule has 2 amide bonds. The second-order valence-electron chi connectivity index (χ2n) is 6.34. The Morgan fingerprint density at radius 1 is 1.04 bits per heavy atom. The summed E-state index contributed by atoms with van der Waals surface area (Å²) in [6.45, 7) is 1.26. The summed E-state index contributed by atoms with van der Waals surface area (Å²) in [5.74, 6) is -0.602. The van der Waals surface area contributed by atoms with Gasteiger partial charge in [-0.05, 0) is 40.4 Å². The number of likely N-dealkylation sites (tertiary alicyclic amines) is 1. The number of carbonyl (C=O) groups is 2. The zero-order chi connectivity index (χ0) is 19.9. The third-order valence-electron chi connectivity index (χ3n) is 4.33. The number of carbonyl (C=O) groups excluding carboxylic acids is 2. The molecule has 0 saturated carbocycles. The van der Waals surface area contributed by atoms with Gasteiger partial charge in [-0.3, -0.25) is 5.32 Å². The van der Waals surface area contributed by atoms with Gasteiger partial charge in [-0.2, -0.15) is 0 Å². The molecule has 1 N–H and O–H groups in total. The monoisotopic (exact) mass is 450 g/mol. The molecular formula is C20H20BrFN2O4. The van der Waals surface area contributed by atoms with Crippen molar-refractivity contribution in [1.82, 2.24) is 4.90 Å². The third-order valence-corrected chi connectivity index (χ3v) is 5.10. The summed E-state index contributed by atoms with van der Waals surface area (Å²) >= 11 is 3.13.